The van der Waals surface area contributed by atoms with Gasteiger partial charge in [0.25, 0.3) is 10.0 Å². The molecule has 0 aromatic carbocycles. The van der Waals surface area contributed by atoms with Gasteiger partial charge in [0.15, 0.2) is 0 Å². The van der Waals surface area contributed by atoms with Gasteiger partial charge in [-0.1, -0.05) is 0 Å². The first-order chi connectivity index (χ1) is 8.92. The summed E-state index contributed by atoms with van der Waals surface area (Å²) in [4.78, 5) is 7.73. The largest absolute Gasteiger partial charge is 0.357 e. The molecule has 0 bridgehead atoms. The fourth-order valence-electron chi connectivity index (χ4n) is 1.49. The third kappa shape index (κ3) is 2.81. The number of hydrogen-bond acceptors (Lipinski definition) is 6. The average Bonchev–Trinajstić information content (AvgIpc) is 2.67. The van der Waals surface area contributed by atoms with Crippen LogP contribution in [-0.4, -0.2) is 35.2 Å². The Kier molecular flexibility index (Phi) is 3.38. The fraction of sp³-hybridized carbons (Fsp3) is 0.300. The van der Waals surface area contributed by atoms with E-state index in [2.05, 4.69) is 25.1 Å². The van der Waals surface area contributed by atoms with Gasteiger partial charge < -0.3 is 5.32 Å². The first-order valence-corrected chi connectivity index (χ1v) is 6.94. The van der Waals surface area contributed by atoms with E-state index in [-0.39, 0.29) is 4.90 Å². The lowest BCUT2D eigenvalue weighted by atomic mass is 10.5. The molecular weight excluding hydrogens is 268 g/mol. The van der Waals surface area contributed by atoms with Crippen LogP contribution in [0.4, 0.5) is 11.8 Å². The zero-order chi connectivity index (χ0) is 14.0. The minimum atomic E-state index is -3.71. The number of hydrogen-bond donors (Lipinski definition) is 2. The van der Waals surface area contributed by atoms with Crippen LogP contribution < -0.4 is 10.0 Å². The molecule has 0 aliphatic carbocycles. The number of sulfonamides is 1. The van der Waals surface area contributed by atoms with Gasteiger partial charge in [-0.2, -0.15) is 5.10 Å². The molecule has 102 valence electrons. The highest BCUT2D eigenvalue weighted by atomic mass is 32.2. The van der Waals surface area contributed by atoms with Crippen molar-refractivity contribution in [2.75, 3.05) is 17.1 Å². The van der Waals surface area contributed by atoms with Crippen LogP contribution in [0.15, 0.2) is 23.4 Å². The van der Waals surface area contributed by atoms with E-state index in [4.69, 9.17) is 0 Å². The van der Waals surface area contributed by atoms with Gasteiger partial charge in [0.2, 0.25) is 5.95 Å². The van der Waals surface area contributed by atoms with E-state index >= 15 is 0 Å². The normalized spacial score (nSPS) is 11.3. The summed E-state index contributed by atoms with van der Waals surface area (Å²) in [6.45, 7) is 1.78. The zero-order valence-electron chi connectivity index (χ0n) is 10.7. The zero-order valence-corrected chi connectivity index (χ0v) is 11.6. The molecule has 0 amide bonds. The van der Waals surface area contributed by atoms with Crippen LogP contribution in [0.3, 0.4) is 0 Å². The second-order valence-corrected chi connectivity index (χ2v) is 5.57. The van der Waals surface area contributed by atoms with Crippen molar-refractivity contribution in [1.82, 2.24) is 19.7 Å². The van der Waals surface area contributed by atoms with E-state index < -0.39 is 10.0 Å². The van der Waals surface area contributed by atoms with Gasteiger partial charge in [-0.25, -0.2) is 18.4 Å². The van der Waals surface area contributed by atoms with Crippen molar-refractivity contribution in [2.24, 2.45) is 7.05 Å². The molecule has 2 N–H and O–H groups in total. The van der Waals surface area contributed by atoms with Gasteiger partial charge >= 0.3 is 0 Å². The van der Waals surface area contributed by atoms with Crippen LogP contribution >= 0.6 is 0 Å². The number of anilines is 2. The molecule has 0 saturated heterocycles. The van der Waals surface area contributed by atoms with E-state index in [9.17, 15) is 8.42 Å². The molecule has 2 heterocycles. The summed E-state index contributed by atoms with van der Waals surface area (Å²) in [5.41, 5.74) is 0.724. The number of rotatable bonds is 4. The SMILES string of the molecule is CNc1ncc(S(=O)(=O)Nc2cc(C)nn2C)cn1. The Morgan fingerprint density at radius 2 is 1.89 bits per heavy atom. The van der Waals surface area contributed by atoms with Crippen LogP contribution in [0.2, 0.25) is 0 Å². The van der Waals surface area contributed by atoms with Crippen molar-refractivity contribution in [3.05, 3.63) is 24.2 Å². The Balaban J connectivity index is 2.29. The van der Waals surface area contributed by atoms with Gasteiger partial charge in [0, 0.05) is 20.2 Å². The Hall–Kier alpha value is -2.16. The van der Waals surface area contributed by atoms with Crippen molar-refractivity contribution in [3.8, 4) is 0 Å². The molecule has 0 radical (unpaired) electrons. The Morgan fingerprint density at radius 3 is 2.37 bits per heavy atom. The Morgan fingerprint density at radius 1 is 1.26 bits per heavy atom. The number of aromatic nitrogens is 4. The smallest absolute Gasteiger partial charge is 0.266 e. The molecule has 0 aliphatic rings. The first kappa shape index (κ1) is 13.3. The highest BCUT2D eigenvalue weighted by molar-refractivity contribution is 7.92. The second kappa shape index (κ2) is 4.84. The summed E-state index contributed by atoms with van der Waals surface area (Å²) in [6, 6.07) is 1.64. The topological polar surface area (TPSA) is 102 Å². The van der Waals surface area contributed by atoms with Crippen molar-refractivity contribution in [2.45, 2.75) is 11.8 Å². The van der Waals surface area contributed by atoms with Gasteiger partial charge in [-0.3, -0.25) is 9.40 Å². The standard InChI is InChI=1S/C10H14N6O2S/c1-7-4-9(16(3)14-7)15-19(17,18)8-5-12-10(11-2)13-6-8/h4-6,15H,1-3H3,(H,11,12,13). The lowest BCUT2D eigenvalue weighted by molar-refractivity contribution is 0.599. The minimum Gasteiger partial charge on any atom is -0.357 e. The fourth-order valence-corrected chi connectivity index (χ4v) is 2.45. The molecule has 0 saturated carbocycles. The van der Waals surface area contributed by atoms with Crippen molar-refractivity contribution >= 4 is 21.8 Å². The molecule has 8 nitrogen and oxygen atoms in total. The molecule has 2 aromatic rings. The molecule has 0 unspecified atom stereocenters. The maximum atomic E-state index is 12.1. The van der Waals surface area contributed by atoms with E-state index in [0.717, 1.165) is 5.69 Å². The molecule has 0 aliphatic heterocycles. The summed E-state index contributed by atoms with van der Waals surface area (Å²) in [6.07, 6.45) is 2.48. The van der Waals surface area contributed by atoms with E-state index in [1.54, 1.807) is 27.1 Å². The third-order valence-corrected chi connectivity index (χ3v) is 3.71. The molecule has 0 atom stereocenters. The Bertz CT molecular complexity index is 677. The molecule has 9 heteroatoms. The third-order valence-electron chi connectivity index (χ3n) is 2.40. The van der Waals surface area contributed by atoms with E-state index in [0.29, 0.717) is 11.8 Å². The predicted molar refractivity (Wildman–Crippen MR) is 70.3 cm³/mol. The molecule has 0 spiro atoms. The summed E-state index contributed by atoms with van der Waals surface area (Å²) in [5, 5.41) is 6.78. The van der Waals surface area contributed by atoms with Gasteiger partial charge in [0.1, 0.15) is 10.7 Å². The lowest BCUT2D eigenvalue weighted by Gasteiger charge is -2.07. The van der Waals surface area contributed by atoms with Crippen LogP contribution in [-0.2, 0) is 17.1 Å². The number of nitrogens with zero attached hydrogens (tertiary/aromatic N) is 4. The highest BCUT2D eigenvalue weighted by Crippen LogP contribution is 2.15. The predicted octanol–water partition coefficient (Wildman–Crippen LogP) is 0.361. The van der Waals surface area contributed by atoms with Gasteiger partial charge in [-0.15, -0.1) is 0 Å². The molecule has 2 rings (SSSR count). The highest BCUT2D eigenvalue weighted by Gasteiger charge is 2.17. The summed E-state index contributed by atoms with van der Waals surface area (Å²) >= 11 is 0. The van der Waals surface area contributed by atoms with Crippen molar-refractivity contribution in [1.29, 1.82) is 0 Å². The van der Waals surface area contributed by atoms with Crippen LogP contribution in [0.1, 0.15) is 5.69 Å². The molecular formula is C10H14N6O2S. The average molecular weight is 282 g/mol. The quantitative estimate of drug-likeness (QED) is 0.839. The monoisotopic (exact) mass is 282 g/mol. The van der Waals surface area contributed by atoms with E-state index in [1.165, 1.54) is 17.1 Å². The summed E-state index contributed by atoms with van der Waals surface area (Å²) < 4.78 is 28.1. The van der Waals surface area contributed by atoms with Crippen molar-refractivity contribution in [3.63, 3.8) is 0 Å². The van der Waals surface area contributed by atoms with Gasteiger partial charge in [-0.05, 0) is 6.92 Å². The molecule has 0 fully saturated rings. The number of nitrogens with one attached hydrogen (secondary N) is 2. The van der Waals surface area contributed by atoms with Gasteiger partial charge in [0.05, 0.1) is 18.1 Å². The first-order valence-electron chi connectivity index (χ1n) is 5.45. The summed E-state index contributed by atoms with van der Waals surface area (Å²) in [5.74, 6) is 0.741. The lowest BCUT2D eigenvalue weighted by Crippen LogP contribution is -2.16. The van der Waals surface area contributed by atoms with Crippen LogP contribution in [0.25, 0.3) is 0 Å². The molecule has 2 aromatic heterocycles. The number of aryl methyl sites for hydroxylation is 2. The Labute approximate surface area is 110 Å². The maximum Gasteiger partial charge on any atom is 0.266 e. The van der Waals surface area contributed by atoms with Crippen molar-refractivity contribution < 1.29 is 8.42 Å². The van der Waals surface area contributed by atoms with E-state index in [1.807, 2.05) is 0 Å². The van der Waals surface area contributed by atoms with Crippen LogP contribution in [0, 0.1) is 6.92 Å². The molecule has 19 heavy (non-hydrogen) atoms. The van der Waals surface area contributed by atoms with Crippen LogP contribution in [0.5, 0.6) is 0 Å². The summed E-state index contributed by atoms with van der Waals surface area (Å²) in [7, 11) is -0.400. The second-order valence-electron chi connectivity index (χ2n) is 3.89. The maximum absolute atomic E-state index is 12.1. The minimum absolute atomic E-state index is 0.00893.